The molecule has 2 rings (SSSR count). The smallest absolute Gasteiger partial charge is 0.206 e. The van der Waals surface area contributed by atoms with Crippen molar-refractivity contribution in [2.24, 2.45) is 0 Å². The molecule has 1 fully saturated rings. The van der Waals surface area contributed by atoms with Crippen molar-refractivity contribution in [2.45, 2.75) is 23.1 Å². The van der Waals surface area contributed by atoms with Crippen molar-refractivity contribution in [2.75, 3.05) is 11.9 Å². The van der Waals surface area contributed by atoms with Crippen molar-refractivity contribution in [1.29, 1.82) is 0 Å². The molecule has 1 aromatic heterocycles. The van der Waals surface area contributed by atoms with E-state index in [1.54, 1.807) is 15.8 Å². The van der Waals surface area contributed by atoms with Gasteiger partial charge < -0.3 is 0 Å². The fraction of sp³-hybridized carbons (Fsp3) is 0.556. The Balaban J connectivity index is 2.32. The SMILES string of the molecule is O=S(=O)(c1sccc1Br)N(CCBr)C1CC1. The summed E-state index contributed by atoms with van der Waals surface area (Å²) in [4.78, 5) is 0. The van der Waals surface area contributed by atoms with Crippen LogP contribution in [0.2, 0.25) is 0 Å². The zero-order valence-corrected chi connectivity index (χ0v) is 13.2. The van der Waals surface area contributed by atoms with Crippen LogP contribution < -0.4 is 0 Å². The van der Waals surface area contributed by atoms with E-state index in [4.69, 9.17) is 0 Å². The van der Waals surface area contributed by atoms with Gasteiger partial charge in [0.05, 0.1) is 0 Å². The monoisotopic (exact) mass is 387 g/mol. The highest BCUT2D eigenvalue weighted by Crippen LogP contribution is 2.36. The fourth-order valence-corrected chi connectivity index (χ4v) is 6.24. The van der Waals surface area contributed by atoms with Gasteiger partial charge >= 0.3 is 0 Å². The molecule has 0 radical (unpaired) electrons. The summed E-state index contributed by atoms with van der Waals surface area (Å²) in [5.41, 5.74) is 0. The number of alkyl halides is 1. The Bertz CT molecular complexity index is 468. The number of nitrogens with zero attached hydrogens (tertiary/aromatic N) is 1. The molecule has 0 bridgehead atoms. The fourth-order valence-electron chi connectivity index (χ4n) is 1.52. The minimum Gasteiger partial charge on any atom is -0.206 e. The summed E-state index contributed by atoms with van der Waals surface area (Å²) in [6.45, 7) is 0.539. The highest BCUT2D eigenvalue weighted by molar-refractivity contribution is 9.10. The number of thiophene rings is 1. The Kier molecular flexibility index (Phi) is 4.11. The van der Waals surface area contributed by atoms with Gasteiger partial charge in [-0.05, 0) is 40.2 Å². The minimum atomic E-state index is -3.31. The highest BCUT2D eigenvalue weighted by atomic mass is 79.9. The van der Waals surface area contributed by atoms with Crippen molar-refractivity contribution < 1.29 is 8.42 Å². The minimum absolute atomic E-state index is 0.205. The average molecular weight is 389 g/mol. The van der Waals surface area contributed by atoms with Crippen LogP contribution in [0.3, 0.4) is 0 Å². The van der Waals surface area contributed by atoms with E-state index in [9.17, 15) is 8.42 Å². The van der Waals surface area contributed by atoms with Crippen LogP contribution in [0.4, 0.5) is 0 Å². The van der Waals surface area contributed by atoms with Crippen molar-refractivity contribution in [1.82, 2.24) is 4.31 Å². The first kappa shape index (κ1) is 13.0. The third-order valence-corrected chi connectivity index (χ3v) is 7.34. The van der Waals surface area contributed by atoms with E-state index in [2.05, 4.69) is 31.9 Å². The lowest BCUT2D eigenvalue weighted by Gasteiger charge is -2.20. The second-order valence-corrected chi connectivity index (χ2v) is 8.24. The van der Waals surface area contributed by atoms with Crippen LogP contribution in [-0.4, -0.2) is 30.6 Å². The molecule has 90 valence electrons. The molecular formula is C9H11Br2NO2S2. The second-order valence-electron chi connectivity index (χ2n) is 3.59. The van der Waals surface area contributed by atoms with E-state index in [-0.39, 0.29) is 6.04 Å². The van der Waals surface area contributed by atoms with Crippen LogP contribution in [0.1, 0.15) is 12.8 Å². The Morgan fingerprint density at radius 3 is 2.62 bits per heavy atom. The first-order valence-electron chi connectivity index (χ1n) is 4.88. The Labute approximate surface area is 116 Å². The predicted molar refractivity (Wildman–Crippen MR) is 72.7 cm³/mol. The molecule has 0 atom stereocenters. The number of halogens is 2. The Hall–Kier alpha value is 0.570. The molecule has 1 heterocycles. The molecule has 0 spiro atoms. The first-order valence-corrected chi connectivity index (χ1v) is 9.11. The number of sulfonamides is 1. The van der Waals surface area contributed by atoms with Crippen molar-refractivity contribution >= 4 is 53.2 Å². The van der Waals surface area contributed by atoms with E-state index < -0.39 is 10.0 Å². The molecule has 7 heteroatoms. The largest absolute Gasteiger partial charge is 0.253 e. The summed E-state index contributed by atoms with van der Waals surface area (Å²) in [5.74, 6) is 0. The quantitative estimate of drug-likeness (QED) is 0.727. The molecule has 1 aliphatic rings. The maximum Gasteiger partial charge on any atom is 0.253 e. The van der Waals surface area contributed by atoms with Crippen molar-refractivity contribution in [3.8, 4) is 0 Å². The van der Waals surface area contributed by atoms with Gasteiger partial charge in [0.2, 0.25) is 0 Å². The van der Waals surface area contributed by atoms with E-state index in [1.165, 1.54) is 11.3 Å². The lowest BCUT2D eigenvalue weighted by atomic mass is 10.6. The first-order chi connectivity index (χ1) is 7.57. The molecular weight excluding hydrogens is 378 g/mol. The molecule has 0 aliphatic heterocycles. The Morgan fingerprint density at radius 1 is 1.50 bits per heavy atom. The summed E-state index contributed by atoms with van der Waals surface area (Å²) in [5, 5.41) is 2.46. The van der Waals surface area contributed by atoms with Gasteiger partial charge in [-0.25, -0.2) is 8.42 Å². The van der Waals surface area contributed by atoms with Gasteiger partial charge in [-0.15, -0.1) is 11.3 Å². The summed E-state index contributed by atoms with van der Waals surface area (Å²) >= 11 is 7.85. The van der Waals surface area contributed by atoms with Gasteiger partial charge in [-0.1, -0.05) is 15.9 Å². The van der Waals surface area contributed by atoms with Crippen molar-refractivity contribution in [3.05, 3.63) is 15.9 Å². The second kappa shape index (κ2) is 5.06. The number of rotatable bonds is 5. The van der Waals surface area contributed by atoms with Crippen LogP contribution in [0.5, 0.6) is 0 Å². The third-order valence-electron chi connectivity index (χ3n) is 2.39. The van der Waals surface area contributed by atoms with Crippen LogP contribution >= 0.6 is 43.2 Å². The standard InChI is InChI=1S/C9H11Br2NO2S2/c10-4-5-12(7-1-2-7)16(13,14)9-8(11)3-6-15-9/h3,6-7H,1-2,4-5H2. The molecule has 16 heavy (non-hydrogen) atoms. The topological polar surface area (TPSA) is 37.4 Å². The van der Waals surface area contributed by atoms with Gasteiger partial charge in [-0.2, -0.15) is 4.31 Å². The number of hydrogen-bond acceptors (Lipinski definition) is 3. The highest BCUT2D eigenvalue weighted by Gasteiger charge is 2.38. The zero-order chi connectivity index (χ0) is 11.8. The van der Waals surface area contributed by atoms with Gasteiger partial charge in [0.15, 0.2) is 0 Å². The summed E-state index contributed by atoms with van der Waals surface area (Å²) in [6, 6.07) is 1.98. The third kappa shape index (κ3) is 2.53. The van der Waals surface area contributed by atoms with Crippen LogP contribution in [-0.2, 0) is 10.0 Å². The van der Waals surface area contributed by atoms with Gasteiger partial charge in [0, 0.05) is 22.4 Å². The molecule has 1 aromatic rings. The van der Waals surface area contributed by atoms with Gasteiger partial charge in [-0.3, -0.25) is 0 Å². The van der Waals surface area contributed by atoms with Crippen LogP contribution in [0.25, 0.3) is 0 Å². The van der Waals surface area contributed by atoms with Crippen LogP contribution in [0, 0.1) is 0 Å². The van der Waals surface area contributed by atoms with Crippen molar-refractivity contribution in [3.63, 3.8) is 0 Å². The summed E-state index contributed by atoms with van der Waals surface area (Å²) in [7, 11) is -3.31. The molecule has 0 N–H and O–H groups in total. The maximum absolute atomic E-state index is 12.4. The summed E-state index contributed by atoms with van der Waals surface area (Å²) in [6.07, 6.45) is 1.96. The molecule has 1 aliphatic carbocycles. The molecule has 1 saturated carbocycles. The molecule has 0 saturated heterocycles. The van der Waals surface area contributed by atoms with Gasteiger partial charge in [0.25, 0.3) is 10.0 Å². The number of hydrogen-bond donors (Lipinski definition) is 0. The molecule has 0 aromatic carbocycles. The molecule has 0 unspecified atom stereocenters. The maximum atomic E-state index is 12.4. The zero-order valence-electron chi connectivity index (χ0n) is 8.40. The average Bonchev–Trinajstić information content (AvgIpc) is 2.96. The van der Waals surface area contributed by atoms with E-state index in [1.807, 2.05) is 0 Å². The summed E-state index contributed by atoms with van der Waals surface area (Å²) < 4.78 is 27.4. The molecule has 0 amide bonds. The Morgan fingerprint density at radius 2 is 2.19 bits per heavy atom. The van der Waals surface area contributed by atoms with Gasteiger partial charge in [0.1, 0.15) is 4.21 Å². The lowest BCUT2D eigenvalue weighted by Crippen LogP contribution is -2.34. The lowest BCUT2D eigenvalue weighted by molar-refractivity contribution is 0.425. The predicted octanol–water partition coefficient (Wildman–Crippen LogP) is 3.06. The van der Waals surface area contributed by atoms with E-state index in [0.29, 0.717) is 20.6 Å². The van der Waals surface area contributed by atoms with E-state index >= 15 is 0 Å². The van der Waals surface area contributed by atoms with E-state index in [0.717, 1.165) is 12.8 Å². The van der Waals surface area contributed by atoms with Crippen LogP contribution in [0.15, 0.2) is 20.1 Å². The normalized spacial score (nSPS) is 16.9. The molecule has 3 nitrogen and oxygen atoms in total.